The highest BCUT2D eigenvalue weighted by atomic mass is 16.6. The van der Waals surface area contributed by atoms with Crippen LogP contribution in [0.1, 0.15) is 0 Å². The second-order valence-corrected chi connectivity index (χ2v) is 4.51. The average Bonchev–Trinajstić information content (AvgIpc) is 2.71. The number of hydrogen-bond acceptors (Lipinski definition) is 6. The molecule has 1 fully saturated rings. The van der Waals surface area contributed by atoms with E-state index in [1.807, 2.05) is 0 Å². The summed E-state index contributed by atoms with van der Waals surface area (Å²) in [6.07, 6.45) is 12.0. The molecular formula is C14H15N3O3. The fourth-order valence-electron chi connectivity index (χ4n) is 2.22. The number of aliphatic imine (C=N–C) groups is 1. The zero-order chi connectivity index (χ0) is 14.9. The van der Waals surface area contributed by atoms with Gasteiger partial charge >= 0.3 is 0 Å². The SMILES string of the molecule is C#C[C@@H]1[C@H](N2C=CC(N)=NC2=C)O[C@](C#C)(CO)[C@H]1O. The highest BCUT2D eigenvalue weighted by molar-refractivity contribution is 5.92. The highest BCUT2D eigenvalue weighted by Gasteiger charge is 2.55. The lowest BCUT2D eigenvalue weighted by Crippen LogP contribution is -2.43. The minimum absolute atomic E-state index is 0.299. The van der Waals surface area contributed by atoms with Gasteiger partial charge in [0, 0.05) is 6.20 Å². The van der Waals surface area contributed by atoms with Crippen LogP contribution in [0.15, 0.2) is 29.7 Å². The molecule has 2 rings (SSSR count). The molecular weight excluding hydrogens is 258 g/mol. The van der Waals surface area contributed by atoms with Gasteiger partial charge in [0.25, 0.3) is 0 Å². The van der Waals surface area contributed by atoms with Crippen LogP contribution < -0.4 is 5.73 Å². The molecule has 0 aliphatic carbocycles. The molecule has 6 heteroatoms. The van der Waals surface area contributed by atoms with E-state index in [1.165, 1.54) is 4.90 Å². The van der Waals surface area contributed by atoms with Gasteiger partial charge in [0.1, 0.15) is 17.8 Å². The molecule has 2 heterocycles. The molecule has 0 aromatic rings. The number of terminal acetylenes is 2. The first kappa shape index (κ1) is 14.2. The van der Waals surface area contributed by atoms with Crippen LogP contribution in [0.25, 0.3) is 0 Å². The molecule has 2 aliphatic heterocycles. The lowest BCUT2D eigenvalue weighted by Gasteiger charge is -2.31. The summed E-state index contributed by atoms with van der Waals surface area (Å²) in [5.74, 6) is 4.58. The van der Waals surface area contributed by atoms with Crippen molar-refractivity contribution in [2.24, 2.45) is 16.6 Å². The van der Waals surface area contributed by atoms with Gasteiger partial charge in [-0.25, -0.2) is 4.99 Å². The van der Waals surface area contributed by atoms with E-state index in [4.69, 9.17) is 23.3 Å². The van der Waals surface area contributed by atoms with E-state index in [1.54, 1.807) is 12.3 Å². The van der Waals surface area contributed by atoms with E-state index in [0.717, 1.165) is 0 Å². The van der Waals surface area contributed by atoms with Crippen molar-refractivity contribution in [3.8, 4) is 24.7 Å². The summed E-state index contributed by atoms with van der Waals surface area (Å²) >= 11 is 0. The maximum atomic E-state index is 10.2. The zero-order valence-corrected chi connectivity index (χ0v) is 10.7. The Bertz CT molecular complexity index is 569. The molecule has 0 spiro atoms. The lowest BCUT2D eigenvalue weighted by atomic mass is 9.91. The van der Waals surface area contributed by atoms with Gasteiger partial charge in [0.2, 0.25) is 0 Å². The molecule has 104 valence electrons. The summed E-state index contributed by atoms with van der Waals surface area (Å²) < 4.78 is 5.63. The molecule has 0 saturated carbocycles. The summed E-state index contributed by atoms with van der Waals surface area (Å²) in [4.78, 5) is 5.52. The number of hydrogen-bond donors (Lipinski definition) is 3. The van der Waals surface area contributed by atoms with Gasteiger partial charge in [-0.2, -0.15) is 0 Å². The Hall–Kier alpha value is -2.25. The molecule has 1 saturated heterocycles. The summed E-state index contributed by atoms with van der Waals surface area (Å²) in [5, 5.41) is 19.6. The van der Waals surface area contributed by atoms with E-state index in [0.29, 0.717) is 11.7 Å². The largest absolute Gasteiger partial charge is 0.392 e. The Morgan fingerprint density at radius 3 is 2.80 bits per heavy atom. The van der Waals surface area contributed by atoms with Crippen LogP contribution in [-0.4, -0.2) is 45.5 Å². The van der Waals surface area contributed by atoms with Gasteiger partial charge in [-0.05, 0) is 6.08 Å². The molecule has 6 nitrogen and oxygen atoms in total. The smallest absolute Gasteiger partial charge is 0.180 e. The number of nitrogens with two attached hydrogens (primary N) is 1. The molecule has 0 aromatic heterocycles. The van der Waals surface area contributed by atoms with Gasteiger partial charge in [0.15, 0.2) is 11.8 Å². The van der Waals surface area contributed by atoms with Crippen molar-refractivity contribution in [3.63, 3.8) is 0 Å². The number of amidine groups is 1. The van der Waals surface area contributed by atoms with E-state index in [-0.39, 0.29) is 0 Å². The maximum absolute atomic E-state index is 10.2. The molecule has 4 atom stereocenters. The highest BCUT2D eigenvalue weighted by Crippen LogP contribution is 2.38. The Labute approximate surface area is 117 Å². The van der Waals surface area contributed by atoms with Gasteiger partial charge in [-0.1, -0.05) is 18.4 Å². The van der Waals surface area contributed by atoms with Crippen molar-refractivity contribution in [1.29, 1.82) is 0 Å². The summed E-state index contributed by atoms with van der Waals surface area (Å²) in [5.41, 5.74) is 4.02. The predicted molar refractivity (Wildman–Crippen MR) is 73.6 cm³/mol. The topological polar surface area (TPSA) is 91.3 Å². The van der Waals surface area contributed by atoms with E-state index < -0.39 is 30.5 Å². The third-order valence-corrected chi connectivity index (χ3v) is 3.36. The van der Waals surface area contributed by atoms with E-state index in [2.05, 4.69) is 23.4 Å². The Morgan fingerprint density at radius 1 is 1.60 bits per heavy atom. The molecule has 0 radical (unpaired) electrons. The first-order valence-electron chi connectivity index (χ1n) is 5.89. The fraction of sp³-hybridized carbons (Fsp3) is 0.357. The third-order valence-electron chi connectivity index (χ3n) is 3.36. The van der Waals surface area contributed by atoms with Crippen LogP contribution in [0, 0.1) is 30.6 Å². The second kappa shape index (κ2) is 5.03. The van der Waals surface area contributed by atoms with Gasteiger partial charge < -0.3 is 25.6 Å². The van der Waals surface area contributed by atoms with Crippen LogP contribution in [0.5, 0.6) is 0 Å². The van der Waals surface area contributed by atoms with Gasteiger partial charge in [-0.3, -0.25) is 0 Å². The monoisotopic (exact) mass is 273 g/mol. The first-order valence-corrected chi connectivity index (χ1v) is 5.89. The fourth-order valence-corrected chi connectivity index (χ4v) is 2.22. The molecule has 4 N–H and O–H groups in total. The van der Waals surface area contributed by atoms with Crippen LogP contribution in [-0.2, 0) is 4.74 Å². The lowest BCUT2D eigenvalue weighted by molar-refractivity contribution is -0.0989. The summed E-state index contributed by atoms with van der Waals surface area (Å²) in [6.45, 7) is 3.20. The Morgan fingerprint density at radius 2 is 2.30 bits per heavy atom. The number of ether oxygens (including phenoxy) is 1. The van der Waals surface area contributed by atoms with Crippen molar-refractivity contribution >= 4 is 5.84 Å². The molecule has 0 amide bonds. The van der Waals surface area contributed by atoms with E-state index in [9.17, 15) is 10.2 Å². The first-order chi connectivity index (χ1) is 9.49. The second-order valence-electron chi connectivity index (χ2n) is 4.51. The zero-order valence-electron chi connectivity index (χ0n) is 10.7. The molecule has 0 unspecified atom stereocenters. The standard InChI is InChI=1S/C14H15N3O3/c1-4-10-12(19)14(5-2,8-18)20-13(10)17-7-6-11(15)16-9(17)3/h1-2,6-7,10,12-13,18-19H,3,8H2,(H2,15,16)/t10-,12-,13+,14+/m0/s1. The van der Waals surface area contributed by atoms with Crippen LogP contribution in [0.3, 0.4) is 0 Å². The number of rotatable bonds is 2. The van der Waals surface area contributed by atoms with Crippen LogP contribution >= 0.6 is 0 Å². The molecule has 0 aromatic carbocycles. The van der Waals surface area contributed by atoms with Crippen LogP contribution in [0.4, 0.5) is 0 Å². The van der Waals surface area contributed by atoms with Gasteiger partial charge in [-0.15, -0.1) is 12.8 Å². The average molecular weight is 273 g/mol. The number of aliphatic hydroxyl groups is 2. The van der Waals surface area contributed by atoms with Crippen molar-refractivity contribution in [2.45, 2.75) is 17.9 Å². The van der Waals surface area contributed by atoms with E-state index >= 15 is 0 Å². The number of aliphatic hydroxyl groups excluding tert-OH is 2. The van der Waals surface area contributed by atoms with Gasteiger partial charge in [0.05, 0.1) is 12.5 Å². The quantitative estimate of drug-likeness (QED) is 0.560. The summed E-state index contributed by atoms with van der Waals surface area (Å²) in [7, 11) is 0. The molecule has 20 heavy (non-hydrogen) atoms. The van der Waals surface area contributed by atoms with Crippen molar-refractivity contribution in [1.82, 2.24) is 4.90 Å². The van der Waals surface area contributed by atoms with Crippen LogP contribution in [0.2, 0.25) is 0 Å². The Balaban J connectivity index is 2.35. The normalized spacial score (nSPS) is 36.4. The van der Waals surface area contributed by atoms with Crippen molar-refractivity contribution in [2.75, 3.05) is 6.61 Å². The number of nitrogens with zero attached hydrogens (tertiary/aromatic N) is 2. The molecule has 2 aliphatic rings. The van der Waals surface area contributed by atoms with Crippen molar-refractivity contribution < 1.29 is 14.9 Å². The summed E-state index contributed by atoms with van der Waals surface area (Å²) in [6, 6.07) is 0. The maximum Gasteiger partial charge on any atom is 0.180 e. The minimum Gasteiger partial charge on any atom is -0.392 e. The third kappa shape index (κ3) is 1.97. The van der Waals surface area contributed by atoms with Crippen molar-refractivity contribution in [3.05, 3.63) is 24.7 Å². The molecule has 0 bridgehead atoms. The Kier molecular flexibility index (Phi) is 3.56. The minimum atomic E-state index is -1.54. The predicted octanol–water partition coefficient (Wildman–Crippen LogP) is -1.02.